The molecule has 128 valence electrons. The van der Waals surface area contributed by atoms with Crippen molar-refractivity contribution in [1.82, 2.24) is 0 Å². The molecular formula is C10H24Cl4O6. The molecule has 0 radical (unpaired) electrons. The van der Waals surface area contributed by atoms with Gasteiger partial charge in [-0.1, -0.05) is 14.9 Å². The van der Waals surface area contributed by atoms with E-state index in [-0.39, 0.29) is 67.6 Å². The Bertz CT molecular complexity index is 187. The first-order chi connectivity index (χ1) is 6.61. The molecule has 6 nitrogen and oxygen atoms in total. The molecule has 10 heteroatoms. The highest BCUT2D eigenvalue weighted by atomic mass is 35.5. The molecule has 0 bridgehead atoms. The second kappa shape index (κ2) is 62.8. The highest BCUT2D eigenvalue weighted by molar-refractivity contribution is 6.63. The van der Waals surface area contributed by atoms with Gasteiger partial charge in [-0.05, 0) is 37.0 Å². The van der Waals surface area contributed by atoms with Crippen LogP contribution in [0.25, 0.3) is 0 Å². The van der Waals surface area contributed by atoms with Crippen LogP contribution in [0.3, 0.4) is 0 Å². The lowest BCUT2D eigenvalue weighted by atomic mass is 10.6. The first kappa shape index (κ1) is 60.5. The Morgan fingerprint density at radius 1 is 0.750 bits per heavy atom. The number of hydrogen-bond acceptors (Lipinski definition) is 5. The van der Waals surface area contributed by atoms with Crippen molar-refractivity contribution in [2.75, 3.05) is 0 Å². The maximum absolute atomic E-state index is 9.44. The fourth-order valence-electron chi connectivity index (χ4n) is 0. The van der Waals surface area contributed by atoms with Crippen molar-refractivity contribution in [3.8, 4) is 0 Å². The van der Waals surface area contributed by atoms with Crippen molar-refractivity contribution in [3.63, 3.8) is 0 Å². The van der Waals surface area contributed by atoms with Crippen LogP contribution in [-0.4, -0.2) is 27.9 Å². The summed E-state index contributed by atoms with van der Waals surface area (Å²) in [7, 11) is 0. The molecule has 0 aromatic rings. The predicted octanol–water partition coefficient (Wildman–Crippen LogP) is 2.85. The van der Waals surface area contributed by atoms with Gasteiger partial charge < -0.3 is 10.3 Å². The van der Waals surface area contributed by atoms with Crippen LogP contribution in [0.1, 0.15) is 42.5 Å². The maximum atomic E-state index is 9.44. The van der Waals surface area contributed by atoms with Crippen LogP contribution in [-0.2, 0) is 24.0 Å². The Hall–Kier alpha value is -0.490. The van der Waals surface area contributed by atoms with Gasteiger partial charge in [-0.25, -0.2) is 0 Å². The molecule has 0 aromatic carbocycles. The van der Waals surface area contributed by atoms with Gasteiger partial charge in [0, 0.05) is 13.8 Å². The number of hydrogen-bond donors (Lipinski definition) is 0. The third-order valence-corrected chi connectivity index (χ3v) is 0. The lowest BCUT2D eigenvalue weighted by Crippen LogP contribution is -1.69. The minimum absolute atomic E-state index is 0. The number of Topliss-reactive ketones (excluding diaryl/α,β-unsaturated/α-hetero) is 1. The van der Waals surface area contributed by atoms with Crippen molar-refractivity contribution in [3.05, 3.63) is 0 Å². The summed E-state index contributed by atoms with van der Waals surface area (Å²) >= 11 is 9.27. The van der Waals surface area contributed by atoms with Crippen LogP contribution in [0.4, 0.5) is 0 Å². The van der Waals surface area contributed by atoms with E-state index in [4.69, 9.17) is 9.59 Å². The van der Waals surface area contributed by atoms with Gasteiger partial charge >= 0.3 is 6.15 Å². The van der Waals surface area contributed by atoms with Crippen LogP contribution in [0.2, 0.25) is 0 Å². The Balaban J connectivity index is -0.0000000107. The third kappa shape index (κ3) is 19900. The van der Waals surface area contributed by atoms with Gasteiger partial charge in [0.1, 0.15) is 5.78 Å². The number of ketones is 1. The molecule has 0 aliphatic carbocycles. The SMILES string of the molecule is C.C.CC(=O)Cl.CC(=O)Cl.CC(C)=O.Cl.Cl.O.O=C=O. The molecule has 0 aliphatic rings. The lowest BCUT2D eigenvalue weighted by molar-refractivity contribution is -0.191. The third-order valence-electron chi connectivity index (χ3n) is 0. The molecule has 20 heavy (non-hydrogen) atoms. The summed E-state index contributed by atoms with van der Waals surface area (Å²) < 4.78 is 0. The molecule has 0 aliphatic heterocycles. The largest absolute Gasteiger partial charge is 0.412 e. The van der Waals surface area contributed by atoms with Crippen LogP contribution in [0, 0.1) is 0 Å². The summed E-state index contributed by atoms with van der Waals surface area (Å²) in [5, 5.41) is -0.722. The Morgan fingerprint density at radius 2 is 0.750 bits per heavy atom. The molecule has 0 rings (SSSR count). The quantitative estimate of drug-likeness (QED) is 0.597. The van der Waals surface area contributed by atoms with Gasteiger partial charge in [0.05, 0.1) is 0 Å². The molecule has 2 N–H and O–H groups in total. The second-order valence-electron chi connectivity index (χ2n) is 1.93. The zero-order chi connectivity index (χ0) is 13.4. The highest BCUT2D eigenvalue weighted by Gasteiger charge is 1.67. The fraction of sp³-hybridized carbons (Fsp3) is 0.600. The molecule has 0 amide bonds. The smallest absolute Gasteiger partial charge is 0.373 e. The maximum Gasteiger partial charge on any atom is 0.373 e. The van der Waals surface area contributed by atoms with Gasteiger partial charge in [-0.2, -0.15) is 9.59 Å². The summed E-state index contributed by atoms with van der Waals surface area (Å²) in [5.41, 5.74) is 0. The van der Waals surface area contributed by atoms with E-state index in [1.807, 2.05) is 0 Å². The summed E-state index contributed by atoms with van der Waals surface area (Å²) in [5.74, 6) is 0.167. The van der Waals surface area contributed by atoms with Gasteiger partial charge in [0.25, 0.3) is 0 Å². The van der Waals surface area contributed by atoms with Gasteiger partial charge in [-0.3, -0.25) is 9.59 Å². The summed E-state index contributed by atoms with van der Waals surface area (Å²) in [6, 6.07) is 0. The second-order valence-corrected chi connectivity index (χ2v) is 3.00. The van der Waals surface area contributed by atoms with Crippen molar-refractivity contribution < 1.29 is 29.4 Å². The van der Waals surface area contributed by atoms with E-state index in [0.29, 0.717) is 0 Å². The minimum Gasteiger partial charge on any atom is -0.412 e. The van der Waals surface area contributed by atoms with E-state index in [0.717, 1.165) is 0 Å². The van der Waals surface area contributed by atoms with Crippen molar-refractivity contribution in [2.24, 2.45) is 0 Å². The fourth-order valence-corrected chi connectivity index (χ4v) is 0. The van der Waals surface area contributed by atoms with E-state index >= 15 is 0 Å². The van der Waals surface area contributed by atoms with Crippen LogP contribution in [0.15, 0.2) is 0 Å². The Labute approximate surface area is 142 Å². The van der Waals surface area contributed by atoms with E-state index in [1.165, 1.54) is 27.7 Å². The Morgan fingerprint density at radius 3 is 0.750 bits per heavy atom. The summed E-state index contributed by atoms with van der Waals surface area (Å²) in [4.78, 5) is 44.1. The molecular weight excluding hydrogens is 358 g/mol. The first-order valence-corrected chi connectivity index (χ1v) is 4.15. The number of rotatable bonds is 0. The average Bonchev–Trinajstić information content (AvgIpc) is 1.81. The van der Waals surface area contributed by atoms with Crippen LogP contribution >= 0.6 is 48.0 Å². The minimum atomic E-state index is -0.361. The number of halogens is 4. The molecule has 0 atom stereocenters. The molecule has 0 saturated heterocycles. The zero-order valence-electron chi connectivity index (χ0n) is 10.1. The lowest BCUT2D eigenvalue weighted by Gasteiger charge is -1.56. The molecule has 0 heterocycles. The molecule has 0 saturated carbocycles. The predicted molar refractivity (Wildman–Crippen MR) is 86.0 cm³/mol. The van der Waals surface area contributed by atoms with E-state index in [2.05, 4.69) is 23.2 Å². The zero-order valence-corrected chi connectivity index (χ0v) is 13.3. The Kier molecular flexibility index (Phi) is 190. The monoisotopic (exact) mass is 380 g/mol. The topological polar surface area (TPSA) is 117 Å². The van der Waals surface area contributed by atoms with Crippen LogP contribution in [0.5, 0.6) is 0 Å². The van der Waals surface area contributed by atoms with Gasteiger partial charge in [0.2, 0.25) is 10.5 Å². The normalized spacial score (nSPS) is 4.30. The number of carbonyl (C=O) groups is 3. The molecule has 0 spiro atoms. The standard InChI is InChI=1S/C3H6O.2C2H3ClO.CO2.2CH4.2ClH.H2O/c1-3(2)4;2*1-2(3)4;2-1-3;;;;;/h1-2H3;2*1H3;;2*1H4;2*1H;1H2. The summed E-state index contributed by atoms with van der Waals surface area (Å²) in [6.45, 7) is 5.64. The van der Waals surface area contributed by atoms with Crippen LogP contribution < -0.4 is 0 Å². The number of carbonyl (C=O) groups excluding carboxylic acids is 5. The van der Waals surface area contributed by atoms with Crippen molar-refractivity contribution >= 4 is 70.4 Å². The van der Waals surface area contributed by atoms with Gasteiger partial charge in [-0.15, -0.1) is 24.8 Å². The van der Waals surface area contributed by atoms with Gasteiger partial charge in [0.15, 0.2) is 0 Å². The molecule has 0 aromatic heterocycles. The summed E-state index contributed by atoms with van der Waals surface area (Å²) in [6.07, 6.45) is 0.250. The van der Waals surface area contributed by atoms with Crippen molar-refractivity contribution in [1.29, 1.82) is 0 Å². The molecule has 0 unspecified atom stereocenters. The van der Waals surface area contributed by atoms with E-state index in [1.54, 1.807) is 0 Å². The van der Waals surface area contributed by atoms with E-state index in [9.17, 15) is 14.4 Å². The average molecular weight is 382 g/mol. The van der Waals surface area contributed by atoms with Crippen molar-refractivity contribution in [2.45, 2.75) is 42.5 Å². The first-order valence-electron chi connectivity index (χ1n) is 3.40. The van der Waals surface area contributed by atoms with E-state index < -0.39 is 0 Å². The molecule has 0 fully saturated rings. The highest BCUT2D eigenvalue weighted by Crippen LogP contribution is 1.68.